The quantitative estimate of drug-likeness (QED) is 0.0419. The van der Waals surface area contributed by atoms with E-state index in [1.807, 2.05) is 87.4 Å². The Hall–Kier alpha value is -5.46. The second kappa shape index (κ2) is 40.7. The molecule has 9 rings (SSSR count). The summed E-state index contributed by atoms with van der Waals surface area (Å²) in [7, 11) is 5.16. The number of nitrogens with zero attached hydrogens (tertiary/aromatic N) is 6. The van der Waals surface area contributed by atoms with E-state index in [2.05, 4.69) is 55.7 Å². The van der Waals surface area contributed by atoms with Gasteiger partial charge in [-0.3, -0.25) is 28.8 Å². The Kier molecular flexibility index (Phi) is 34.4. The smallest absolute Gasteiger partial charge is 0.223 e. The van der Waals surface area contributed by atoms with Crippen LogP contribution in [-0.2, 0) is 114 Å². The van der Waals surface area contributed by atoms with Crippen LogP contribution < -0.4 is 5.32 Å². The van der Waals surface area contributed by atoms with Gasteiger partial charge in [-0.05, 0) is 158 Å². The lowest BCUT2D eigenvalue weighted by molar-refractivity contribution is -0.170. The van der Waals surface area contributed by atoms with Crippen molar-refractivity contribution in [1.82, 2.24) is 35.7 Å². The lowest BCUT2D eigenvalue weighted by Crippen LogP contribution is -2.51. The number of Topliss-reactive ketones (excluding diaryl/α,β-unsaturated/α-hetero) is 4. The van der Waals surface area contributed by atoms with Crippen LogP contribution in [0.15, 0.2) is 42.4 Å². The fraction of sp³-hybridized carbons (Fsp3) is 0.775. The van der Waals surface area contributed by atoms with Crippen molar-refractivity contribution in [2.75, 3.05) is 93.8 Å². The third-order valence-corrected chi connectivity index (χ3v) is 21.9. The van der Waals surface area contributed by atoms with E-state index >= 15 is 0 Å². The van der Waals surface area contributed by atoms with E-state index in [9.17, 15) is 33.9 Å². The first kappa shape index (κ1) is 90.4. The van der Waals surface area contributed by atoms with Crippen molar-refractivity contribution in [2.24, 2.45) is 11.8 Å². The standard InChI is InChI=1S/C25H40N2O6.C20H32N2O5.C18H30N2O4.C17H26BrNO4/c1-24(2,17-32-23-8-6-7-11-31-23)20-15-19(33-26-20)16-21(28)25(3,4)27(5)22(29)14-18-9-12-30-13-10-18;1-19(2,13-23)16-11-15(27-21-16)12-17(24)20(3,4)22(5)18(25)10-14-6-8-26-9-7-14;1-17(2,12-23-16-8-6-7-9-22-16)14-10-13(24-20-14)11-15(21)18(3,4)19-5;1-16(2,11-22-15-7-5-6-8-21-15)13-9-12(23-19-13)10-14(20)17(3,4)18/h15,18,23H,6-14,16-17H2,1-5H3;11,14,23H,6-10,12-13H2,1-5H3;10,16,19H,6-9,11-12H2,1-5H3;9,15H,5-8,10-11H2,1-4H3. The van der Waals surface area contributed by atoms with Gasteiger partial charge in [0.1, 0.15) is 23.0 Å². The summed E-state index contributed by atoms with van der Waals surface area (Å²) < 4.78 is 66.2. The molecule has 3 unspecified atom stereocenters. The normalized spacial score (nSPS) is 19.1. The summed E-state index contributed by atoms with van der Waals surface area (Å²) >= 11 is 3.37. The number of carbonyl (C=O) groups is 6. The van der Waals surface area contributed by atoms with Gasteiger partial charge in [-0.2, -0.15) is 0 Å². The van der Waals surface area contributed by atoms with E-state index in [0.717, 1.165) is 120 Å². The Morgan fingerprint density at radius 3 is 1.00 bits per heavy atom. The van der Waals surface area contributed by atoms with Crippen LogP contribution in [0.3, 0.4) is 0 Å². The molecule has 0 bridgehead atoms. The van der Waals surface area contributed by atoms with Crippen molar-refractivity contribution in [3.63, 3.8) is 0 Å². The maximum Gasteiger partial charge on any atom is 0.223 e. The van der Waals surface area contributed by atoms with Crippen LogP contribution in [-0.4, -0.2) is 204 Å². The molecule has 2 amide bonds. The lowest BCUT2D eigenvalue weighted by atomic mass is 9.89. The number of hydrogen-bond donors (Lipinski definition) is 2. The van der Waals surface area contributed by atoms with Gasteiger partial charge in [-0.25, -0.2) is 0 Å². The maximum absolute atomic E-state index is 13.1. The molecule has 9 heterocycles. The van der Waals surface area contributed by atoms with Crippen molar-refractivity contribution in [3.05, 3.63) is 70.1 Å². The number of amides is 2. The van der Waals surface area contributed by atoms with Crippen LogP contribution in [0.25, 0.3) is 0 Å². The molecule has 107 heavy (non-hydrogen) atoms. The van der Waals surface area contributed by atoms with Crippen molar-refractivity contribution >= 4 is 50.9 Å². The van der Waals surface area contributed by atoms with E-state index in [1.54, 1.807) is 64.7 Å². The summed E-state index contributed by atoms with van der Waals surface area (Å²) in [5.74, 6) is 2.62. The number of carbonyl (C=O) groups excluding carboxylic acids is 6. The van der Waals surface area contributed by atoms with Gasteiger partial charge in [0, 0.05) is 119 Å². The van der Waals surface area contributed by atoms with Crippen LogP contribution >= 0.6 is 15.9 Å². The average Bonchev–Trinajstić information content (AvgIpc) is 1.81. The van der Waals surface area contributed by atoms with Gasteiger partial charge in [0.2, 0.25) is 11.8 Å². The SMILES string of the molecule is CC(C)(Br)C(=O)Cc1cc(C(C)(C)COC2CCCCO2)no1.CN(C(=O)CC1CCOCC1)C(C)(C)C(=O)Cc1cc(C(C)(C)CO)no1.CN(C(=O)CC1CCOCC1)C(C)(C)C(=O)Cc1cc(C(C)(C)COC2CCCCO2)no1.CNC(C)(C)C(=O)Cc1cc(C(C)(C)COC2CCCCO2)no1. The van der Waals surface area contributed by atoms with Crippen LogP contribution in [0.5, 0.6) is 0 Å². The number of aliphatic hydroxyl groups is 1. The number of alkyl halides is 1. The zero-order chi connectivity index (χ0) is 79.2. The first-order valence-electron chi connectivity index (χ1n) is 38.4. The fourth-order valence-corrected chi connectivity index (χ4v) is 12.0. The Balaban J connectivity index is 0.000000226. The Bertz CT molecular complexity index is 3400. The van der Waals surface area contributed by atoms with Gasteiger partial charge in [-0.1, -0.05) is 91.9 Å². The Labute approximate surface area is 643 Å². The fourth-order valence-electron chi connectivity index (χ4n) is 11.9. The molecule has 2 N–H and O–H groups in total. The van der Waals surface area contributed by atoms with Gasteiger partial charge in [0.05, 0.1) is 95.8 Å². The van der Waals surface area contributed by atoms with E-state index < -0.39 is 26.4 Å². The second-order valence-electron chi connectivity index (χ2n) is 34.0. The molecule has 26 nitrogen and oxygen atoms in total. The van der Waals surface area contributed by atoms with Gasteiger partial charge >= 0.3 is 0 Å². The van der Waals surface area contributed by atoms with Gasteiger partial charge in [-0.15, -0.1) is 0 Å². The number of aliphatic hydroxyl groups excluding tert-OH is 1. The van der Waals surface area contributed by atoms with Crippen molar-refractivity contribution < 1.29 is 89.9 Å². The highest BCUT2D eigenvalue weighted by Crippen LogP contribution is 2.33. The number of aromatic nitrogens is 4. The minimum absolute atomic E-state index is 0.0123. The number of rotatable bonds is 33. The lowest BCUT2D eigenvalue weighted by Gasteiger charge is -2.35. The number of halogens is 1. The molecule has 3 atom stereocenters. The summed E-state index contributed by atoms with van der Waals surface area (Å²) in [4.78, 5) is 78.9. The third-order valence-electron chi connectivity index (χ3n) is 21.4. The monoisotopic (exact) mass is 1570 g/mol. The van der Waals surface area contributed by atoms with Crippen molar-refractivity contribution in [2.45, 2.75) is 294 Å². The summed E-state index contributed by atoms with van der Waals surface area (Å²) in [6.45, 7) is 36.9. The van der Waals surface area contributed by atoms with E-state index in [4.69, 9.17) is 56.0 Å². The molecule has 27 heteroatoms. The van der Waals surface area contributed by atoms with Crippen LogP contribution in [0.2, 0.25) is 0 Å². The van der Waals surface area contributed by atoms with Crippen LogP contribution in [0.1, 0.15) is 253 Å². The molecular formula is C80H128BrN7O19. The van der Waals surface area contributed by atoms with Crippen LogP contribution in [0, 0.1) is 11.8 Å². The zero-order valence-electron chi connectivity index (χ0n) is 67.8. The number of likely N-dealkylation sites (N-methyl/N-ethyl adjacent to an activating group) is 3. The first-order valence-corrected chi connectivity index (χ1v) is 39.2. The average molecular weight is 1570 g/mol. The van der Waals surface area contributed by atoms with Gasteiger partial charge in [0.25, 0.3) is 0 Å². The number of ketones is 4. The summed E-state index contributed by atoms with van der Waals surface area (Å²) in [6, 6.07) is 7.23. The molecule has 0 spiro atoms. The molecule has 0 aromatic carbocycles. The minimum Gasteiger partial charge on any atom is -0.395 e. The Morgan fingerprint density at radius 2 is 0.729 bits per heavy atom. The molecule has 5 aliphatic rings. The largest absolute Gasteiger partial charge is 0.395 e. The third kappa shape index (κ3) is 28.1. The molecule has 604 valence electrons. The molecule has 5 fully saturated rings. The Morgan fingerprint density at radius 1 is 0.439 bits per heavy atom. The molecule has 4 aromatic rings. The van der Waals surface area contributed by atoms with E-state index in [1.165, 1.54) is 0 Å². The van der Waals surface area contributed by atoms with E-state index in [-0.39, 0.29) is 102 Å². The summed E-state index contributed by atoms with van der Waals surface area (Å²) in [5.41, 5.74) is -1.03. The van der Waals surface area contributed by atoms with Crippen molar-refractivity contribution in [1.29, 1.82) is 0 Å². The maximum atomic E-state index is 13.1. The molecule has 4 aromatic heterocycles. The van der Waals surface area contributed by atoms with Gasteiger partial charge in [0.15, 0.2) is 42.0 Å². The molecule has 5 saturated heterocycles. The number of ether oxygens (including phenoxy) is 8. The molecule has 5 aliphatic heterocycles. The predicted octanol–water partition coefficient (Wildman–Crippen LogP) is 12.2. The topological polar surface area (TPSA) is 319 Å². The highest BCUT2D eigenvalue weighted by atomic mass is 79.9. The first-order chi connectivity index (χ1) is 50.1. The molecule has 0 radical (unpaired) electrons. The zero-order valence-corrected chi connectivity index (χ0v) is 69.4. The molecule has 0 saturated carbocycles. The molecule has 0 aliphatic carbocycles. The van der Waals surface area contributed by atoms with E-state index in [0.29, 0.717) is 99.7 Å². The number of nitrogens with one attached hydrogen (secondary N) is 1. The minimum atomic E-state index is -0.943. The van der Waals surface area contributed by atoms with Crippen molar-refractivity contribution in [3.8, 4) is 0 Å². The summed E-state index contributed by atoms with van der Waals surface area (Å²) in [6.07, 6.45) is 14.1. The highest BCUT2D eigenvalue weighted by Gasteiger charge is 2.40. The van der Waals surface area contributed by atoms with Crippen LogP contribution in [0.4, 0.5) is 0 Å². The summed E-state index contributed by atoms with van der Waals surface area (Å²) in [5, 5.41) is 28.9. The highest BCUT2D eigenvalue weighted by molar-refractivity contribution is 9.10. The number of hydrogen-bond acceptors (Lipinski definition) is 24. The van der Waals surface area contributed by atoms with Gasteiger partial charge < -0.3 is 76.2 Å². The second-order valence-corrected chi connectivity index (χ2v) is 36.0. The predicted molar refractivity (Wildman–Crippen MR) is 405 cm³/mol. The molecular weight excluding hydrogens is 1440 g/mol.